The van der Waals surface area contributed by atoms with Crippen LogP contribution >= 0.6 is 23.2 Å². The first-order valence-corrected chi connectivity index (χ1v) is 13.4. The quantitative estimate of drug-likeness (QED) is 0.155. The summed E-state index contributed by atoms with van der Waals surface area (Å²) in [7, 11) is -4.57. The van der Waals surface area contributed by atoms with Gasteiger partial charge >= 0.3 is 0 Å². The lowest BCUT2D eigenvalue weighted by Crippen LogP contribution is -2.12. The molecule has 0 bridgehead atoms. The summed E-state index contributed by atoms with van der Waals surface area (Å²) in [5.41, 5.74) is 0.392. The molecular weight excluding hydrogens is 553 g/mol. The molecule has 9 nitrogen and oxygen atoms in total. The normalized spacial score (nSPS) is 11.7. The van der Waals surface area contributed by atoms with Crippen molar-refractivity contribution < 1.29 is 27.6 Å². The van der Waals surface area contributed by atoms with Gasteiger partial charge in [0.15, 0.2) is 5.75 Å². The Bertz CT molecular complexity index is 1710. The number of anilines is 1. The van der Waals surface area contributed by atoms with Crippen molar-refractivity contribution >= 4 is 67.1 Å². The molecular formula is C26H21Cl2N3O6S. The van der Waals surface area contributed by atoms with Crippen molar-refractivity contribution in [3.8, 4) is 11.5 Å². The van der Waals surface area contributed by atoms with Gasteiger partial charge in [-0.25, -0.2) is 0 Å². The minimum atomic E-state index is -4.57. The van der Waals surface area contributed by atoms with E-state index >= 15 is 0 Å². The highest BCUT2D eigenvalue weighted by Crippen LogP contribution is 2.40. The van der Waals surface area contributed by atoms with E-state index in [-0.39, 0.29) is 27.5 Å². The van der Waals surface area contributed by atoms with Gasteiger partial charge in [-0.15, -0.1) is 5.11 Å². The van der Waals surface area contributed by atoms with Gasteiger partial charge in [0.2, 0.25) is 0 Å². The van der Waals surface area contributed by atoms with E-state index in [9.17, 15) is 22.9 Å². The van der Waals surface area contributed by atoms with E-state index in [0.29, 0.717) is 33.8 Å². The van der Waals surface area contributed by atoms with Crippen molar-refractivity contribution in [3.63, 3.8) is 0 Å². The van der Waals surface area contributed by atoms with Gasteiger partial charge in [-0.2, -0.15) is 13.5 Å². The average molecular weight is 574 g/mol. The number of benzene rings is 4. The molecule has 38 heavy (non-hydrogen) atoms. The molecule has 12 heteroatoms. The number of nitrogens with one attached hydrogen (secondary N) is 1. The second-order valence-corrected chi connectivity index (χ2v) is 10.4. The fourth-order valence-corrected chi connectivity index (χ4v) is 5.06. The number of phenols is 1. The van der Waals surface area contributed by atoms with Crippen LogP contribution < -0.4 is 10.1 Å². The zero-order valence-electron chi connectivity index (χ0n) is 20.1. The van der Waals surface area contributed by atoms with Crippen LogP contribution in [0.5, 0.6) is 11.5 Å². The Balaban J connectivity index is 1.80. The Morgan fingerprint density at radius 1 is 1.03 bits per heavy atom. The molecule has 0 atom stereocenters. The molecule has 0 heterocycles. The summed E-state index contributed by atoms with van der Waals surface area (Å²) in [6.45, 7) is 3.65. The van der Waals surface area contributed by atoms with Crippen LogP contribution in [0.15, 0.2) is 75.8 Å². The number of aromatic hydroxyl groups is 1. The number of halogens is 2. The third kappa shape index (κ3) is 5.89. The van der Waals surface area contributed by atoms with Crippen LogP contribution in [-0.4, -0.2) is 30.6 Å². The Labute approximate surface area is 228 Å². The minimum Gasteiger partial charge on any atom is -0.505 e. The maximum absolute atomic E-state index is 13.2. The first kappa shape index (κ1) is 27.3. The van der Waals surface area contributed by atoms with E-state index < -0.39 is 26.7 Å². The fourth-order valence-electron chi connectivity index (χ4n) is 3.79. The highest BCUT2D eigenvalue weighted by atomic mass is 35.5. The topological polar surface area (TPSA) is 138 Å². The standard InChI is InChI=1S/C26H21Cl2N3O6S/c1-3-37-19-10-16(27)9-18(13-19)29-26(33)21-8-15-6-4-5-7-20(15)24(25(21)32)31-30-22-11-17(28)12-23(14(22)2)38(34,35)36/h4-13,32H,3H2,1-2H3,(H,29,33)(H,34,35,36). The number of carbonyl (C=O) groups excluding carboxylic acids is 1. The van der Waals surface area contributed by atoms with Crippen LogP contribution in [-0.2, 0) is 10.1 Å². The van der Waals surface area contributed by atoms with E-state index in [1.165, 1.54) is 25.1 Å². The summed E-state index contributed by atoms with van der Waals surface area (Å²) in [5, 5.41) is 23.5. The van der Waals surface area contributed by atoms with Gasteiger partial charge in [-0.3, -0.25) is 9.35 Å². The summed E-state index contributed by atoms with van der Waals surface area (Å²) < 4.78 is 38.4. The maximum atomic E-state index is 13.2. The number of rotatable bonds is 7. The van der Waals surface area contributed by atoms with Crippen molar-refractivity contribution in [2.45, 2.75) is 18.7 Å². The van der Waals surface area contributed by atoms with Gasteiger partial charge in [0.25, 0.3) is 16.0 Å². The zero-order valence-corrected chi connectivity index (χ0v) is 22.4. The molecule has 3 N–H and O–H groups in total. The molecule has 0 fully saturated rings. The van der Waals surface area contributed by atoms with Crippen molar-refractivity contribution in [1.29, 1.82) is 0 Å². The van der Waals surface area contributed by atoms with E-state index in [0.717, 1.165) is 6.07 Å². The van der Waals surface area contributed by atoms with Crippen LogP contribution in [0.2, 0.25) is 10.0 Å². The Morgan fingerprint density at radius 2 is 1.74 bits per heavy atom. The molecule has 196 valence electrons. The molecule has 0 aliphatic rings. The van der Waals surface area contributed by atoms with E-state index in [1.54, 1.807) is 36.4 Å². The zero-order chi connectivity index (χ0) is 27.6. The number of azo groups is 1. The van der Waals surface area contributed by atoms with Crippen LogP contribution in [0.1, 0.15) is 22.8 Å². The van der Waals surface area contributed by atoms with Gasteiger partial charge in [0, 0.05) is 27.2 Å². The molecule has 4 aromatic rings. The van der Waals surface area contributed by atoms with E-state index in [4.69, 9.17) is 27.9 Å². The van der Waals surface area contributed by atoms with E-state index in [1.807, 2.05) is 6.92 Å². The third-order valence-electron chi connectivity index (χ3n) is 5.51. The average Bonchev–Trinajstić information content (AvgIpc) is 2.84. The molecule has 0 radical (unpaired) electrons. The largest absolute Gasteiger partial charge is 0.505 e. The van der Waals surface area contributed by atoms with Gasteiger partial charge in [0.05, 0.1) is 17.9 Å². The number of fused-ring (bicyclic) bond motifs is 1. The SMILES string of the molecule is CCOc1cc(Cl)cc(NC(=O)c2cc3ccccc3c(N=Nc3cc(Cl)cc(S(=O)(=O)O)c3C)c2O)c1. The van der Waals surface area contributed by atoms with Crippen LogP contribution in [0.4, 0.5) is 17.1 Å². The summed E-state index contributed by atoms with van der Waals surface area (Å²) >= 11 is 12.2. The second kappa shape index (κ2) is 11.0. The van der Waals surface area contributed by atoms with Crippen LogP contribution in [0.25, 0.3) is 10.8 Å². The predicted molar refractivity (Wildman–Crippen MR) is 146 cm³/mol. The second-order valence-electron chi connectivity index (χ2n) is 8.13. The fraction of sp³-hybridized carbons (Fsp3) is 0.115. The summed E-state index contributed by atoms with van der Waals surface area (Å²) in [4.78, 5) is 12.8. The lowest BCUT2D eigenvalue weighted by Gasteiger charge is -2.12. The first-order valence-electron chi connectivity index (χ1n) is 11.2. The van der Waals surface area contributed by atoms with Crippen molar-refractivity contribution in [2.24, 2.45) is 10.2 Å². The van der Waals surface area contributed by atoms with Crippen molar-refractivity contribution in [2.75, 3.05) is 11.9 Å². The summed E-state index contributed by atoms with van der Waals surface area (Å²) in [5.74, 6) is -0.623. The van der Waals surface area contributed by atoms with E-state index in [2.05, 4.69) is 15.5 Å². The predicted octanol–water partition coefficient (Wildman–Crippen LogP) is 7.47. The number of carbonyl (C=O) groups is 1. The number of nitrogens with zero attached hydrogens (tertiary/aromatic N) is 2. The number of amides is 1. The van der Waals surface area contributed by atoms with Gasteiger partial charge in [-0.05, 0) is 55.1 Å². The molecule has 0 aromatic heterocycles. The molecule has 4 rings (SSSR count). The Morgan fingerprint density at radius 3 is 2.45 bits per heavy atom. The Kier molecular flexibility index (Phi) is 7.89. The molecule has 0 saturated heterocycles. The highest BCUT2D eigenvalue weighted by Gasteiger charge is 2.20. The highest BCUT2D eigenvalue weighted by molar-refractivity contribution is 7.85. The van der Waals surface area contributed by atoms with Gasteiger partial charge in [0.1, 0.15) is 16.3 Å². The first-order chi connectivity index (χ1) is 18.0. The number of ether oxygens (including phenoxy) is 1. The van der Waals surface area contributed by atoms with Crippen LogP contribution in [0.3, 0.4) is 0 Å². The molecule has 0 unspecified atom stereocenters. The van der Waals surface area contributed by atoms with Crippen molar-refractivity contribution in [1.82, 2.24) is 0 Å². The molecule has 0 spiro atoms. The lowest BCUT2D eigenvalue weighted by molar-refractivity contribution is 0.102. The molecule has 0 aliphatic carbocycles. The monoisotopic (exact) mass is 573 g/mol. The molecule has 0 saturated carbocycles. The minimum absolute atomic E-state index is 0.00678. The van der Waals surface area contributed by atoms with Crippen molar-refractivity contribution in [3.05, 3.63) is 81.8 Å². The number of hydrogen-bond donors (Lipinski definition) is 3. The summed E-state index contributed by atoms with van der Waals surface area (Å²) in [6.07, 6.45) is 0. The Hall–Kier alpha value is -3.70. The number of hydrogen-bond acceptors (Lipinski definition) is 7. The smallest absolute Gasteiger partial charge is 0.294 e. The van der Waals surface area contributed by atoms with Gasteiger partial charge in [-0.1, -0.05) is 47.5 Å². The lowest BCUT2D eigenvalue weighted by atomic mass is 10.0. The summed E-state index contributed by atoms with van der Waals surface area (Å²) in [6, 6.07) is 15.6. The maximum Gasteiger partial charge on any atom is 0.294 e. The number of phenolic OH excluding ortho intramolecular Hbond substituents is 1. The molecule has 4 aromatic carbocycles. The molecule has 0 aliphatic heterocycles. The van der Waals surface area contributed by atoms with Gasteiger partial charge < -0.3 is 15.2 Å². The third-order valence-corrected chi connectivity index (χ3v) is 6.93. The molecule has 1 amide bonds. The van der Waals surface area contributed by atoms with Crippen LogP contribution in [0, 0.1) is 6.92 Å².